The fourth-order valence-corrected chi connectivity index (χ4v) is 2.50. The third-order valence-corrected chi connectivity index (χ3v) is 8.65. The molecule has 0 aliphatic rings. The summed E-state index contributed by atoms with van der Waals surface area (Å²) in [4.78, 5) is 19.9. The van der Waals surface area contributed by atoms with Crippen LogP contribution in [0.3, 0.4) is 0 Å². The van der Waals surface area contributed by atoms with E-state index in [0.717, 1.165) is 0 Å². The average Bonchev–Trinajstić information content (AvgIpc) is 3.32. The van der Waals surface area contributed by atoms with Gasteiger partial charge in [0.1, 0.15) is 6.61 Å². The zero-order valence-corrected chi connectivity index (χ0v) is 18.1. The fourth-order valence-electron chi connectivity index (χ4n) is 1.56. The summed E-state index contributed by atoms with van der Waals surface area (Å²) in [6.07, 6.45) is 0.994. The van der Waals surface area contributed by atoms with E-state index in [1.165, 1.54) is 6.07 Å². The van der Waals surface area contributed by atoms with Crippen LogP contribution in [0.25, 0.3) is 0 Å². The molecule has 0 aromatic carbocycles. The zero-order valence-electron chi connectivity index (χ0n) is 17.1. The lowest BCUT2D eigenvalue weighted by Crippen LogP contribution is -2.40. The second kappa shape index (κ2) is 12.6. The van der Waals surface area contributed by atoms with Gasteiger partial charge in [0.05, 0.1) is 6.61 Å². The number of hydrazine groups is 2. The maximum atomic E-state index is 10.1. The van der Waals surface area contributed by atoms with Gasteiger partial charge in [-0.15, -0.1) is 0 Å². The van der Waals surface area contributed by atoms with Gasteiger partial charge < -0.3 is 18.6 Å². The van der Waals surface area contributed by atoms with Gasteiger partial charge in [-0.1, -0.05) is 38.5 Å². The minimum Gasteiger partial charge on any atom is -0.409 e. The van der Waals surface area contributed by atoms with Crippen molar-refractivity contribution in [3.63, 3.8) is 0 Å². The summed E-state index contributed by atoms with van der Waals surface area (Å²) in [5.41, 5.74) is 9.45. The number of nitrogens with one attached hydrogen (secondary N) is 4. The maximum Gasteiger partial charge on any atom is 0.225 e. The highest BCUT2D eigenvalue weighted by atomic mass is 28.4. The van der Waals surface area contributed by atoms with Crippen LogP contribution in [0, 0.1) is 0 Å². The third-order valence-electron chi connectivity index (χ3n) is 4.17. The Morgan fingerprint density at radius 2 is 1.50 bits per heavy atom. The summed E-state index contributed by atoms with van der Waals surface area (Å²) in [6.45, 7) is 11.1. The molecular formula is C17H32N6O6Si. The quantitative estimate of drug-likeness (QED) is 0.208. The van der Waals surface area contributed by atoms with E-state index < -0.39 is 8.32 Å². The first-order chi connectivity index (χ1) is 13.6. The van der Waals surface area contributed by atoms with E-state index in [-0.39, 0.29) is 19.1 Å². The number of aliphatic hydroxyl groups is 1. The maximum absolute atomic E-state index is 10.1. The average molecular weight is 445 g/mol. The van der Waals surface area contributed by atoms with Gasteiger partial charge in [-0.3, -0.25) is 31.3 Å². The highest BCUT2D eigenvalue weighted by Crippen LogP contribution is 2.37. The first-order valence-electron chi connectivity index (χ1n) is 8.69. The second-order valence-corrected chi connectivity index (χ2v) is 12.1. The molecule has 5 N–H and O–H groups in total. The molecule has 0 saturated carbocycles. The standard InChI is InChI=1S/C11H21N3O3Si.C5H7N3O3.CH4/c1-11(2,3)18(4,5)16-7-9-6-10(14-17-9)13-12-8-15;9-2-4-1-5(8-11-4)7-6-3-10;/h6,8H,7H2,1-5H3,(H,12,15)(H,13,14);1,3,9H,2H2,(H,6,10)(H,7,8);1H4. The predicted octanol–water partition coefficient (Wildman–Crippen LogP) is 2.15. The molecule has 2 rings (SSSR count). The lowest BCUT2D eigenvalue weighted by Gasteiger charge is -2.35. The van der Waals surface area contributed by atoms with Crippen molar-refractivity contribution in [1.29, 1.82) is 0 Å². The fraction of sp³-hybridized carbons (Fsp3) is 0.529. The minimum atomic E-state index is -1.78. The molecule has 0 aliphatic carbocycles. The largest absolute Gasteiger partial charge is 0.409 e. The van der Waals surface area contributed by atoms with E-state index in [0.29, 0.717) is 42.6 Å². The molecule has 13 heteroatoms. The van der Waals surface area contributed by atoms with Crippen LogP contribution in [0.5, 0.6) is 0 Å². The molecule has 30 heavy (non-hydrogen) atoms. The Labute approximate surface area is 176 Å². The molecular weight excluding hydrogens is 412 g/mol. The lowest BCUT2D eigenvalue weighted by atomic mass is 10.2. The molecule has 170 valence electrons. The van der Waals surface area contributed by atoms with E-state index in [1.807, 2.05) is 0 Å². The van der Waals surface area contributed by atoms with E-state index in [1.54, 1.807) is 6.07 Å². The Bertz CT molecular complexity index is 758. The van der Waals surface area contributed by atoms with Crippen LogP contribution in [0.1, 0.15) is 39.7 Å². The highest BCUT2D eigenvalue weighted by molar-refractivity contribution is 6.74. The first kappa shape index (κ1) is 27.1. The van der Waals surface area contributed by atoms with Crippen molar-refractivity contribution in [2.75, 3.05) is 10.9 Å². The molecule has 2 aromatic rings. The number of amides is 2. The van der Waals surface area contributed by atoms with Gasteiger partial charge in [-0.05, 0) is 18.1 Å². The Morgan fingerprint density at radius 3 is 1.90 bits per heavy atom. The molecule has 2 amide bonds. The number of carbonyl (C=O) groups is 2. The van der Waals surface area contributed by atoms with Gasteiger partial charge in [0, 0.05) is 12.1 Å². The van der Waals surface area contributed by atoms with Crippen molar-refractivity contribution >= 4 is 32.8 Å². The van der Waals surface area contributed by atoms with E-state index in [4.69, 9.17) is 14.1 Å². The van der Waals surface area contributed by atoms with Crippen LogP contribution >= 0.6 is 0 Å². The Balaban J connectivity index is 0.000000603. The summed E-state index contributed by atoms with van der Waals surface area (Å²) in [6, 6.07) is 3.17. The number of anilines is 2. The molecule has 0 aliphatic heterocycles. The molecule has 0 spiro atoms. The van der Waals surface area contributed by atoms with Crippen molar-refractivity contribution in [3.8, 4) is 0 Å². The van der Waals surface area contributed by atoms with Gasteiger partial charge in [0.2, 0.25) is 12.8 Å². The van der Waals surface area contributed by atoms with Crippen LogP contribution in [0.4, 0.5) is 11.6 Å². The summed E-state index contributed by atoms with van der Waals surface area (Å²) < 4.78 is 15.7. The van der Waals surface area contributed by atoms with Crippen LogP contribution < -0.4 is 21.7 Å². The number of rotatable bonds is 10. The van der Waals surface area contributed by atoms with Crippen molar-refractivity contribution in [2.24, 2.45) is 0 Å². The molecule has 2 aromatic heterocycles. The molecule has 0 unspecified atom stereocenters. The Hall–Kier alpha value is -2.90. The van der Waals surface area contributed by atoms with Gasteiger partial charge in [-0.25, -0.2) is 0 Å². The third kappa shape index (κ3) is 9.06. The smallest absolute Gasteiger partial charge is 0.225 e. The minimum absolute atomic E-state index is 0. The molecule has 0 radical (unpaired) electrons. The van der Waals surface area contributed by atoms with E-state index >= 15 is 0 Å². The van der Waals surface area contributed by atoms with E-state index in [9.17, 15) is 9.59 Å². The zero-order chi connectivity index (χ0) is 21.9. The highest BCUT2D eigenvalue weighted by Gasteiger charge is 2.37. The van der Waals surface area contributed by atoms with Crippen LogP contribution in [0.15, 0.2) is 21.2 Å². The number of hydrogen-bond acceptors (Lipinski definition) is 10. The van der Waals surface area contributed by atoms with Crippen LogP contribution in [-0.4, -0.2) is 36.6 Å². The van der Waals surface area contributed by atoms with E-state index in [2.05, 4.69) is 70.4 Å². The van der Waals surface area contributed by atoms with Gasteiger partial charge in [-0.2, -0.15) is 0 Å². The SMILES string of the molecule is C.CC(C)(C)[Si](C)(C)OCc1cc(NNC=O)no1.O=CNNc1cc(CO)on1. The summed E-state index contributed by atoms with van der Waals surface area (Å²) in [5.74, 6) is 1.77. The van der Waals surface area contributed by atoms with Crippen molar-refractivity contribution < 1.29 is 28.2 Å². The van der Waals surface area contributed by atoms with Crippen molar-refractivity contribution in [2.45, 2.75) is 59.5 Å². The number of aromatic nitrogens is 2. The van der Waals surface area contributed by atoms with Gasteiger partial charge in [0.15, 0.2) is 31.5 Å². The van der Waals surface area contributed by atoms with Crippen LogP contribution in [-0.2, 0) is 27.2 Å². The van der Waals surface area contributed by atoms with Crippen molar-refractivity contribution in [1.82, 2.24) is 21.2 Å². The van der Waals surface area contributed by atoms with Gasteiger partial charge in [0.25, 0.3) is 0 Å². The van der Waals surface area contributed by atoms with Gasteiger partial charge >= 0.3 is 0 Å². The normalized spacial score (nSPS) is 10.7. The molecule has 12 nitrogen and oxygen atoms in total. The number of aliphatic hydroxyl groups excluding tert-OH is 1. The monoisotopic (exact) mass is 444 g/mol. The second-order valence-electron chi connectivity index (χ2n) is 7.34. The summed E-state index contributed by atoms with van der Waals surface area (Å²) in [7, 11) is -1.78. The van der Waals surface area contributed by atoms with Crippen molar-refractivity contribution in [3.05, 3.63) is 23.7 Å². The first-order valence-corrected chi connectivity index (χ1v) is 11.6. The summed E-state index contributed by atoms with van der Waals surface area (Å²) in [5, 5.41) is 15.9. The number of nitrogens with zero attached hydrogens (tertiary/aromatic N) is 2. The molecule has 0 bridgehead atoms. The number of hydrogen-bond donors (Lipinski definition) is 5. The van der Waals surface area contributed by atoms with Crippen LogP contribution in [0.2, 0.25) is 18.1 Å². The Morgan fingerprint density at radius 1 is 1.03 bits per heavy atom. The predicted molar refractivity (Wildman–Crippen MR) is 113 cm³/mol. The Kier molecular flexibility index (Phi) is 11.4. The molecule has 0 fully saturated rings. The summed E-state index contributed by atoms with van der Waals surface area (Å²) >= 11 is 0. The number of carbonyl (C=O) groups excluding carboxylic acids is 2. The molecule has 2 heterocycles. The molecule has 0 atom stereocenters. The molecule has 0 saturated heterocycles. The lowest BCUT2D eigenvalue weighted by molar-refractivity contribution is -0.109. The topological polar surface area (TPSA) is 164 Å².